The van der Waals surface area contributed by atoms with Crippen molar-refractivity contribution in [3.8, 4) is 11.5 Å². The number of hydrogen-bond acceptors (Lipinski definition) is 1. The van der Waals surface area contributed by atoms with Gasteiger partial charge in [-0.05, 0) is 0 Å². The summed E-state index contributed by atoms with van der Waals surface area (Å²) in [5, 5.41) is 3.33. The average molecular weight is 447 g/mol. The number of hydrogen-bond donors (Lipinski definition) is 1. The van der Waals surface area contributed by atoms with Gasteiger partial charge in [-0.25, -0.2) is 0 Å². The molecule has 0 aromatic heterocycles. The van der Waals surface area contributed by atoms with E-state index in [0.717, 1.165) is 17.5 Å². The van der Waals surface area contributed by atoms with Crippen LogP contribution in [0.2, 0.25) is 19.6 Å². The molecule has 0 aliphatic rings. The summed E-state index contributed by atoms with van der Waals surface area (Å²) in [5.41, 5.74) is 4.57. The predicted molar refractivity (Wildman–Crippen MR) is 104 cm³/mol. The maximum absolute atomic E-state index is 7.50. The van der Waals surface area contributed by atoms with E-state index in [0.29, 0.717) is 0 Å². The molecule has 1 N–H and O–H groups in total. The van der Waals surface area contributed by atoms with E-state index in [4.69, 9.17) is 23.3 Å². The fraction of sp³-hybridized carbons (Fsp3) is 0.238. The van der Waals surface area contributed by atoms with Gasteiger partial charge in [0.15, 0.2) is 0 Å². The molecular weight excluding hydrogens is 426 g/mol. The molecule has 0 radical (unpaired) electrons. The Morgan fingerprint density at radius 2 is 1.38 bits per heavy atom. The predicted octanol–water partition coefficient (Wildman–Crippen LogP) is 3.05. The summed E-state index contributed by atoms with van der Waals surface area (Å²) < 4.78 is 38.6. The number of nitrogens with one attached hydrogen (secondary N) is 1. The van der Waals surface area contributed by atoms with Gasteiger partial charge < -0.3 is 0 Å². The minimum absolute atomic E-state index is 0.888. The number of benzene rings is 1. The molecule has 1 aromatic carbocycles. The van der Waals surface area contributed by atoms with E-state index in [1.165, 1.54) is 5.56 Å². The molecular formula is C21H21CrNO5Si. The van der Waals surface area contributed by atoms with E-state index in [1.54, 1.807) is 0 Å². The summed E-state index contributed by atoms with van der Waals surface area (Å²) in [5.74, 6) is 3.25. The second kappa shape index (κ2) is 33.4. The van der Waals surface area contributed by atoms with Crippen molar-refractivity contribution < 1.29 is 39.1 Å². The minimum atomic E-state index is -1.21. The molecule has 0 fully saturated rings. The molecule has 0 saturated carbocycles. The first-order valence-corrected chi connectivity index (χ1v) is 11.6. The van der Waals surface area contributed by atoms with Crippen LogP contribution in [0, 0.1) is 44.7 Å². The molecule has 0 spiro atoms. The fourth-order valence-electron chi connectivity index (χ4n) is 1.37. The van der Waals surface area contributed by atoms with Crippen LogP contribution in [0.15, 0.2) is 36.4 Å². The van der Waals surface area contributed by atoms with E-state index >= 15 is 0 Å². The van der Waals surface area contributed by atoms with Crippen LogP contribution in [-0.2, 0) is 39.1 Å². The molecule has 1 rings (SSSR count). The molecule has 150 valence electrons. The normalized spacial score (nSPS) is 7.62. The summed E-state index contributed by atoms with van der Waals surface area (Å²) in [6, 6.07) is 10.3. The first-order valence-electron chi connectivity index (χ1n) is 7.50. The number of rotatable bonds is 5. The topological polar surface area (TPSA) is 112 Å². The Morgan fingerprint density at radius 1 is 0.931 bits per heavy atom. The average Bonchev–Trinajstić information content (AvgIpc) is 2.79. The summed E-state index contributed by atoms with van der Waals surface area (Å²) in [6.07, 6.45) is 5.04. The molecule has 0 aliphatic carbocycles. The Morgan fingerprint density at radius 3 is 1.79 bits per heavy atom. The van der Waals surface area contributed by atoms with Crippen LogP contribution in [0.25, 0.3) is 6.08 Å². The SMILES string of the molecule is C[Si](C)(C)C#CCCN[C](=[Cr])/C=C/c1ccccc1.[C-]#[O+].[C-]#[O+].[C-]#[O+].[C-]#[O+].[C-]#[O+]. The first kappa shape index (κ1) is 37.5. The van der Waals surface area contributed by atoms with Crippen molar-refractivity contribution >= 4 is 18.7 Å². The zero-order valence-electron chi connectivity index (χ0n) is 16.4. The Bertz CT molecular complexity index is 667. The van der Waals surface area contributed by atoms with Crippen LogP contribution in [0.3, 0.4) is 0 Å². The van der Waals surface area contributed by atoms with Crippen molar-refractivity contribution in [3.63, 3.8) is 0 Å². The van der Waals surface area contributed by atoms with Crippen LogP contribution in [-0.4, -0.2) is 19.1 Å². The quantitative estimate of drug-likeness (QED) is 0.242. The zero-order chi connectivity index (χ0) is 24.1. The molecule has 0 saturated heterocycles. The van der Waals surface area contributed by atoms with E-state index in [1.807, 2.05) is 18.2 Å². The Hall–Kier alpha value is -2.20. The molecule has 0 aliphatic heterocycles. The van der Waals surface area contributed by atoms with Gasteiger partial charge in [0.1, 0.15) is 0 Å². The summed E-state index contributed by atoms with van der Waals surface area (Å²) in [4.78, 5) is 0. The van der Waals surface area contributed by atoms with Crippen LogP contribution < -0.4 is 5.32 Å². The second-order valence-corrected chi connectivity index (χ2v) is 10.8. The molecule has 1 aromatic rings. The molecule has 6 nitrogen and oxygen atoms in total. The molecule has 0 heterocycles. The third-order valence-electron chi connectivity index (χ3n) is 2.24. The fourth-order valence-corrected chi connectivity index (χ4v) is 2.29. The van der Waals surface area contributed by atoms with Crippen molar-refractivity contribution in [1.82, 2.24) is 5.32 Å². The Labute approximate surface area is 182 Å². The van der Waals surface area contributed by atoms with Crippen molar-refractivity contribution in [2.24, 2.45) is 0 Å². The van der Waals surface area contributed by atoms with Crippen LogP contribution in [0.1, 0.15) is 12.0 Å². The van der Waals surface area contributed by atoms with Gasteiger partial charge >= 0.3 is 182 Å². The molecule has 8 heteroatoms. The zero-order valence-corrected chi connectivity index (χ0v) is 18.7. The van der Waals surface area contributed by atoms with E-state index in [9.17, 15) is 0 Å². The van der Waals surface area contributed by atoms with Crippen molar-refractivity contribution in [2.75, 3.05) is 6.54 Å². The Balaban J connectivity index is -0.000000167. The van der Waals surface area contributed by atoms with Crippen molar-refractivity contribution in [3.05, 3.63) is 75.2 Å². The second-order valence-electron chi connectivity index (χ2n) is 5.34. The van der Waals surface area contributed by atoms with Gasteiger partial charge in [-0.1, -0.05) is 0 Å². The van der Waals surface area contributed by atoms with Gasteiger partial charge in [-0.3, -0.25) is 0 Å². The third-order valence-corrected chi connectivity index (χ3v) is 3.60. The molecule has 0 bridgehead atoms. The van der Waals surface area contributed by atoms with E-state index < -0.39 is 8.07 Å². The van der Waals surface area contributed by atoms with Gasteiger partial charge in [-0.15, -0.1) is 0 Å². The van der Waals surface area contributed by atoms with E-state index in [-0.39, 0.29) is 0 Å². The van der Waals surface area contributed by atoms with Crippen molar-refractivity contribution in [2.45, 2.75) is 26.1 Å². The molecule has 29 heavy (non-hydrogen) atoms. The Kier molecular flexibility index (Phi) is 43.2. The van der Waals surface area contributed by atoms with Gasteiger partial charge in [0.2, 0.25) is 0 Å². The van der Waals surface area contributed by atoms with Crippen LogP contribution >= 0.6 is 0 Å². The third kappa shape index (κ3) is 37.3. The van der Waals surface area contributed by atoms with E-state index in [2.05, 4.69) is 110 Å². The monoisotopic (exact) mass is 447 g/mol. The van der Waals surface area contributed by atoms with Gasteiger partial charge in [0.05, 0.1) is 0 Å². The van der Waals surface area contributed by atoms with Crippen LogP contribution in [0.4, 0.5) is 0 Å². The summed E-state index contributed by atoms with van der Waals surface area (Å²) >= 11 is 3.03. The van der Waals surface area contributed by atoms with Crippen molar-refractivity contribution in [1.29, 1.82) is 0 Å². The van der Waals surface area contributed by atoms with Gasteiger partial charge in [0.25, 0.3) is 0 Å². The van der Waals surface area contributed by atoms with Gasteiger partial charge in [-0.2, -0.15) is 0 Å². The summed E-state index contributed by atoms with van der Waals surface area (Å²) in [7, 11) is -1.21. The van der Waals surface area contributed by atoms with Gasteiger partial charge in [0, 0.05) is 0 Å². The maximum atomic E-state index is 7.50. The molecule has 0 amide bonds. The van der Waals surface area contributed by atoms with Crippen LogP contribution in [0.5, 0.6) is 0 Å². The standard InChI is InChI=1S/C16H21NSi.5CO.Cr/c1-18(2,3)15-8-7-13-17-14-9-12-16-10-5-4-6-11-16;5*1-2;/h4-6,9-12,17H,7,13H2,1-3H3;;;;;;/b12-9+;;;;;;. The first-order chi connectivity index (χ1) is 14.0. The summed E-state index contributed by atoms with van der Waals surface area (Å²) in [6.45, 7) is 30.2. The molecule has 0 unspecified atom stereocenters. The molecule has 0 atom stereocenters.